The Morgan fingerprint density at radius 1 is 0.815 bits per heavy atom. The van der Waals surface area contributed by atoms with Gasteiger partial charge in [0, 0.05) is 15.4 Å². The van der Waals surface area contributed by atoms with Gasteiger partial charge in [-0.25, -0.2) is 4.98 Å². The third-order valence-electron chi connectivity index (χ3n) is 4.92. The maximum atomic E-state index is 4.84. The number of aromatic nitrogens is 1. The van der Waals surface area contributed by atoms with Crippen LogP contribution >= 0.6 is 23.1 Å². The van der Waals surface area contributed by atoms with Gasteiger partial charge >= 0.3 is 0 Å². The predicted octanol–water partition coefficient (Wildman–Crippen LogP) is 7.27. The summed E-state index contributed by atoms with van der Waals surface area (Å²) in [6.45, 7) is 4.28. The Bertz CT molecular complexity index is 1180. The van der Waals surface area contributed by atoms with Crippen molar-refractivity contribution in [2.45, 2.75) is 25.2 Å². The van der Waals surface area contributed by atoms with Gasteiger partial charge in [0.1, 0.15) is 5.01 Å². The molecule has 0 unspecified atom stereocenters. The first kappa shape index (κ1) is 16.8. The summed E-state index contributed by atoms with van der Waals surface area (Å²) in [7, 11) is 0. The second kappa shape index (κ2) is 6.66. The van der Waals surface area contributed by atoms with Crippen molar-refractivity contribution in [1.82, 2.24) is 4.98 Å². The van der Waals surface area contributed by atoms with Gasteiger partial charge in [0.2, 0.25) is 0 Å². The minimum absolute atomic E-state index is 1.01. The van der Waals surface area contributed by atoms with E-state index in [4.69, 9.17) is 4.98 Å². The molecule has 0 amide bonds. The minimum Gasteiger partial charge on any atom is -0.236 e. The van der Waals surface area contributed by atoms with Crippen LogP contribution in [0.15, 0.2) is 71.6 Å². The number of benzene rings is 3. The van der Waals surface area contributed by atoms with E-state index in [1.807, 2.05) is 11.8 Å². The normalized spacial score (nSPS) is 13.5. The predicted molar refractivity (Wildman–Crippen MR) is 119 cm³/mol. The van der Waals surface area contributed by atoms with Crippen molar-refractivity contribution in [2.75, 3.05) is 0 Å². The summed E-state index contributed by atoms with van der Waals surface area (Å²) in [5.74, 6) is 0. The Balaban J connectivity index is 1.50. The van der Waals surface area contributed by atoms with Crippen LogP contribution in [0.1, 0.15) is 22.3 Å². The third kappa shape index (κ3) is 3.22. The van der Waals surface area contributed by atoms with Gasteiger partial charge in [-0.2, -0.15) is 0 Å². The van der Waals surface area contributed by atoms with E-state index >= 15 is 0 Å². The highest BCUT2D eigenvalue weighted by molar-refractivity contribution is 8.08. The maximum Gasteiger partial charge on any atom is 0.124 e. The van der Waals surface area contributed by atoms with Crippen LogP contribution in [0.4, 0.5) is 0 Å². The largest absolute Gasteiger partial charge is 0.236 e. The number of aryl methyl sites for hydroxylation is 2. The van der Waals surface area contributed by atoms with Gasteiger partial charge in [0.25, 0.3) is 0 Å². The maximum absolute atomic E-state index is 4.84. The van der Waals surface area contributed by atoms with E-state index in [1.165, 1.54) is 42.3 Å². The van der Waals surface area contributed by atoms with Gasteiger partial charge in [-0.1, -0.05) is 65.9 Å². The van der Waals surface area contributed by atoms with Crippen LogP contribution in [-0.4, -0.2) is 4.98 Å². The van der Waals surface area contributed by atoms with Crippen LogP contribution in [0.3, 0.4) is 0 Å². The zero-order chi connectivity index (χ0) is 18.4. The highest BCUT2D eigenvalue weighted by Gasteiger charge is 2.15. The van der Waals surface area contributed by atoms with Gasteiger partial charge in [0.15, 0.2) is 0 Å². The van der Waals surface area contributed by atoms with Gasteiger partial charge in [-0.15, -0.1) is 11.3 Å². The lowest BCUT2D eigenvalue weighted by Gasteiger charge is -2.17. The Morgan fingerprint density at radius 2 is 1.59 bits per heavy atom. The van der Waals surface area contributed by atoms with Crippen molar-refractivity contribution in [1.29, 1.82) is 0 Å². The topological polar surface area (TPSA) is 12.9 Å². The number of thioether (sulfide) groups is 1. The molecule has 0 atom stereocenters. The van der Waals surface area contributed by atoms with Crippen molar-refractivity contribution in [3.05, 3.63) is 89.0 Å². The van der Waals surface area contributed by atoms with E-state index in [-0.39, 0.29) is 0 Å². The SMILES string of the molecule is Cc1ccc(-c2nc3ccc(C4=CCc5ccc(C)cc5S4)cc3s2)cc1. The molecule has 0 bridgehead atoms. The Kier molecular flexibility index (Phi) is 4.14. The molecule has 0 spiro atoms. The first-order valence-corrected chi connectivity index (χ1v) is 10.7. The average Bonchev–Trinajstić information content (AvgIpc) is 3.11. The zero-order valence-corrected chi connectivity index (χ0v) is 17.0. The van der Waals surface area contributed by atoms with Crippen LogP contribution in [0.5, 0.6) is 0 Å². The lowest BCUT2D eigenvalue weighted by molar-refractivity contribution is 1.16. The molecule has 0 aliphatic carbocycles. The fraction of sp³-hybridized carbons (Fsp3) is 0.125. The number of rotatable bonds is 2. The molecule has 0 radical (unpaired) electrons. The number of fused-ring (bicyclic) bond motifs is 2. The van der Waals surface area contributed by atoms with Gasteiger partial charge in [-0.3, -0.25) is 0 Å². The molecule has 0 fully saturated rings. The lowest BCUT2D eigenvalue weighted by Crippen LogP contribution is -1.94. The molecule has 2 heterocycles. The number of hydrogen-bond acceptors (Lipinski definition) is 3. The first-order chi connectivity index (χ1) is 13.2. The Morgan fingerprint density at radius 3 is 2.44 bits per heavy atom. The van der Waals surface area contributed by atoms with Gasteiger partial charge in [-0.05, 0) is 55.2 Å². The summed E-state index contributed by atoms with van der Waals surface area (Å²) in [5.41, 5.74) is 7.59. The Hall–Kier alpha value is -2.36. The van der Waals surface area contributed by atoms with Crippen molar-refractivity contribution in [2.24, 2.45) is 0 Å². The standard InChI is InChI=1S/C24H19NS2/c1-15-3-7-18(8-4-15)24-25-20-11-9-19(14-23(20)27-24)21-12-10-17-6-5-16(2)13-22(17)26-21/h3-9,11-14H,10H2,1-2H3. The van der Waals surface area contributed by atoms with E-state index in [9.17, 15) is 0 Å². The molecule has 0 saturated carbocycles. The molecule has 27 heavy (non-hydrogen) atoms. The molecule has 5 rings (SSSR count). The highest BCUT2D eigenvalue weighted by Crippen LogP contribution is 2.42. The van der Waals surface area contributed by atoms with Gasteiger partial charge < -0.3 is 0 Å². The van der Waals surface area contributed by atoms with Crippen LogP contribution in [0.25, 0.3) is 25.7 Å². The molecule has 1 aliphatic heterocycles. The van der Waals surface area contributed by atoms with Crippen molar-refractivity contribution < 1.29 is 0 Å². The summed E-state index contributed by atoms with van der Waals surface area (Å²) in [5, 5.41) is 1.09. The van der Waals surface area contributed by atoms with Crippen LogP contribution in [-0.2, 0) is 6.42 Å². The lowest BCUT2D eigenvalue weighted by atomic mass is 10.1. The molecule has 1 nitrogen and oxygen atoms in total. The number of thiazole rings is 1. The molecule has 4 aromatic rings. The molecule has 132 valence electrons. The monoisotopic (exact) mass is 385 g/mol. The summed E-state index contributed by atoms with van der Waals surface area (Å²) in [6.07, 6.45) is 3.36. The summed E-state index contributed by atoms with van der Waals surface area (Å²) >= 11 is 3.66. The molecule has 1 aromatic heterocycles. The quantitative estimate of drug-likeness (QED) is 0.360. The second-order valence-corrected chi connectivity index (χ2v) is 9.17. The number of nitrogens with zero attached hydrogens (tertiary/aromatic N) is 1. The van der Waals surface area contributed by atoms with E-state index in [0.717, 1.165) is 16.9 Å². The molecule has 3 aromatic carbocycles. The molecular formula is C24H19NS2. The number of allylic oxidation sites excluding steroid dienone is 1. The van der Waals surface area contributed by atoms with E-state index in [1.54, 1.807) is 11.3 Å². The summed E-state index contributed by atoms with van der Waals surface area (Å²) in [6, 6.07) is 22.0. The van der Waals surface area contributed by atoms with E-state index in [0.29, 0.717) is 0 Å². The highest BCUT2D eigenvalue weighted by atomic mass is 32.2. The summed E-state index contributed by atoms with van der Waals surface area (Å²) in [4.78, 5) is 7.57. The van der Waals surface area contributed by atoms with Crippen LogP contribution in [0.2, 0.25) is 0 Å². The fourth-order valence-electron chi connectivity index (χ4n) is 3.36. The fourth-order valence-corrected chi connectivity index (χ4v) is 5.55. The summed E-state index contributed by atoms with van der Waals surface area (Å²) < 4.78 is 1.25. The van der Waals surface area contributed by atoms with Crippen molar-refractivity contribution in [3.8, 4) is 10.6 Å². The van der Waals surface area contributed by atoms with Crippen molar-refractivity contribution in [3.63, 3.8) is 0 Å². The molecular weight excluding hydrogens is 366 g/mol. The van der Waals surface area contributed by atoms with Gasteiger partial charge in [0.05, 0.1) is 10.2 Å². The minimum atomic E-state index is 1.01. The second-order valence-electron chi connectivity index (χ2n) is 7.05. The van der Waals surface area contributed by atoms with E-state index in [2.05, 4.69) is 80.6 Å². The Labute approximate surface area is 167 Å². The molecule has 0 saturated heterocycles. The number of hydrogen-bond donors (Lipinski definition) is 0. The van der Waals surface area contributed by atoms with Crippen LogP contribution < -0.4 is 0 Å². The molecule has 0 N–H and O–H groups in total. The van der Waals surface area contributed by atoms with Crippen LogP contribution in [0, 0.1) is 13.8 Å². The zero-order valence-electron chi connectivity index (χ0n) is 15.3. The first-order valence-electron chi connectivity index (χ1n) is 9.11. The molecule has 3 heteroatoms. The average molecular weight is 386 g/mol. The molecule has 1 aliphatic rings. The van der Waals surface area contributed by atoms with E-state index < -0.39 is 0 Å². The third-order valence-corrected chi connectivity index (χ3v) is 7.21. The van der Waals surface area contributed by atoms with Crippen molar-refractivity contribution >= 4 is 38.2 Å². The smallest absolute Gasteiger partial charge is 0.124 e.